The first-order valence-corrected chi connectivity index (χ1v) is 12.2. The Morgan fingerprint density at radius 2 is 1.54 bits per heavy atom. The van der Waals surface area contributed by atoms with Crippen molar-refractivity contribution >= 4 is 22.6 Å². The van der Waals surface area contributed by atoms with Crippen molar-refractivity contribution in [3.05, 3.63) is 60.7 Å². The summed E-state index contributed by atoms with van der Waals surface area (Å²) >= 11 is 0. The molecule has 4 aromatic rings. The summed E-state index contributed by atoms with van der Waals surface area (Å²) in [6, 6.07) is 14.9. The van der Waals surface area contributed by atoms with Gasteiger partial charge in [0, 0.05) is 56.1 Å². The molecule has 2 aromatic heterocycles. The number of piperazine rings is 1. The Balaban J connectivity index is 1.48. The van der Waals surface area contributed by atoms with E-state index in [2.05, 4.69) is 49.4 Å². The quantitative estimate of drug-likeness (QED) is 0.463. The summed E-state index contributed by atoms with van der Waals surface area (Å²) < 4.78 is 20.2. The van der Waals surface area contributed by atoms with Crippen LogP contribution in [-0.2, 0) is 0 Å². The lowest BCUT2D eigenvalue weighted by molar-refractivity contribution is 0.145. The van der Waals surface area contributed by atoms with Crippen LogP contribution in [0.15, 0.2) is 59.3 Å². The first-order valence-electron chi connectivity index (χ1n) is 12.2. The van der Waals surface area contributed by atoms with Crippen LogP contribution < -0.4 is 15.1 Å². The van der Waals surface area contributed by atoms with Crippen molar-refractivity contribution in [2.24, 2.45) is 0 Å². The topological polar surface area (TPSA) is 77.7 Å². The zero-order valence-electron chi connectivity index (χ0n) is 19.5. The van der Waals surface area contributed by atoms with E-state index in [0.717, 1.165) is 54.1 Å². The molecule has 0 atom stereocenters. The summed E-state index contributed by atoms with van der Waals surface area (Å²) in [5.41, 5.74) is 4.32. The normalized spacial score (nSPS) is 17.3. The highest BCUT2D eigenvalue weighted by Crippen LogP contribution is 2.44. The molecule has 2 aliphatic rings. The van der Waals surface area contributed by atoms with E-state index in [4.69, 9.17) is 4.42 Å². The number of benzene rings is 2. The van der Waals surface area contributed by atoms with Gasteiger partial charge in [0.2, 0.25) is 5.71 Å². The number of halogens is 1. The van der Waals surface area contributed by atoms with Crippen molar-refractivity contribution in [3.63, 3.8) is 0 Å². The molecule has 0 bridgehead atoms. The number of hydrogen-bond donors (Lipinski definition) is 2. The van der Waals surface area contributed by atoms with E-state index in [1.807, 2.05) is 0 Å². The molecule has 0 aliphatic carbocycles. The van der Waals surface area contributed by atoms with Crippen molar-refractivity contribution in [2.75, 3.05) is 49.1 Å². The molecule has 180 valence electrons. The molecule has 0 unspecified atom stereocenters. The molecule has 2 N–H and O–H groups in total. The third-order valence-corrected chi connectivity index (χ3v) is 6.98. The summed E-state index contributed by atoms with van der Waals surface area (Å²) in [6.07, 6.45) is 2.62. The molecule has 2 aromatic carbocycles. The number of nitrogens with one attached hydrogen (secondary N) is 1. The first kappa shape index (κ1) is 22.0. The fraction of sp³-hybridized carbons (Fsp3) is 0.333. The molecule has 4 heterocycles. The average Bonchev–Trinajstić information content (AvgIpc) is 3.30. The SMILES string of the molecule is OC1CCN(c2ncnc3oc(-c4ccc(N5CCNCC5)cc4)c(-c4ccc(F)cc4)c23)CC1. The second-order valence-corrected chi connectivity index (χ2v) is 9.19. The van der Waals surface area contributed by atoms with Crippen LogP contribution in [0.3, 0.4) is 0 Å². The molecule has 0 spiro atoms. The average molecular weight is 474 g/mol. The Kier molecular flexibility index (Phi) is 5.83. The maximum atomic E-state index is 13.8. The molecule has 7 nitrogen and oxygen atoms in total. The Morgan fingerprint density at radius 3 is 2.26 bits per heavy atom. The number of furan rings is 1. The molecule has 2 fully saturated rings. The van der Waals surface area contributed by atoms with E-state index in [9.17, 15) is 9.50 Å². The lowest BCUT2D eigenvalue weighted by Crippen LogP contribution is -2.43. The first-order chi connectivity index (χ1) is 17.2. The van der Waals surface area contributed by atoms with Gasteiger partial charge in [0.15, 0.2) is 0 Å². The van der Waals surface area contributed by atoms with E-state index in [-0.39, 0.29) is 11.9 Å². The number of piperidine rings is 1. The molecule has 0 amide bonds. The Morgan fingerprint density at radius 1 is 0.857 bits per heavy atom. The number of nitrogens with zero attached hydrogens (tertiary/aromatic N) is 4. The van der Waals surface area contributed by atoms with Crippen LogP contribution in [0.2, 0.25) is 0 Å². The monoisotopic (exact) mass is 473 g/mol. The number of aromatic nitrogens is 2. The van der Waals surface area contributed by atoms with Gasteiger partial charge in [0.1, 0.15) is 23.7 Å². The summed E-state index contributed by atoms with van der Waals surface area (Å²) in [6.45, 7) is 5.33. The highest BCUT2D eigenvalue weighted by molar-refractivity contribution is 6.06. The maximum Gasteiger partial charge on any atom is 0.232 e. The van der Waals surface area contributed by atoms with Crippen molar-refractivity contribution < 1.29 is 13.9 Å². The molecule has 8 heteroatoms. The highest BCUT2D eigenvalue weighted by Gasteiger charge is 2.27. The van der Waals surface area contributed by atoms with E-state index in [1.165, 1.54) is 24.1 Å². The number of rotatable bonds is 4. The zero-order chi connectivity index (χ0) is 23.8. The van der Waals surface area contributed by atoms with Crippen LogP contribution in [-0.4, -0.2) is 60.4 Å². The van der Waals surface area contributed by atoms with Gasteiger partial charge in [0.25, 0.3) is 0 Å². The summed E-state index contributed by atoms with van der Waals surface area (Å²) in [4.78, 5) is 13.6. The van der Waals surface area contributed by atoms with Crippen LogP contribution in [0.25, 0.3) is 33.6 Å². The molecule has 2 aliphatic heterocycles. The molecule has 0 radical (unpaired) electrons. The molecule has 6 rings (SSSR count). The van der Waals surface area contributed by atoms with Crippen LogP contribution in [0.4, 0.5) is 15.9 Å². The number of anilines is 2. The van der Waals surface area contributed by atoms with Crippen LogP contribution >= 0.6 is 0 Å². The van der Waals surface area contributed by atoms with Gasteiger partial charge in [-0.2, -0.15) is 0 Å². The van der Waals surface area contributed by atoms with Crippen molar-refractivity contribution in [1.82, 2.24) is 15.3 Å². The smallest absolute Gasteiger partial charge is 0.232 e. The minimum atomic E-state index is -0.287. The molecule has 0 saturated carbocycles. The number of fused-ring (bicyclic) bond motifs is 1. The van der Waals surface area contributed by atoms with Crippen LogP contribution in [0.5, 0.6) is 0 Å². The van der Waals surface area contributed by atoms with E-state index < -0.39 is 0 Å². The third-order valence-electron chi connectivity index (χ3n) is 6.98. The molecule has 2 saturated heterocycles. The maximum absolute atomic E-state index is 13.8. The van der Waals surface area contributed by atoms with E-state index >= 15 is 0 Å². The predicted octanol–water partition coefficient (Wildman–Crippen LogP) is 4.07. The fourth-order valence-electron chi connectivity index (χ4n) is 5.08. The van der Waals surface area contributed by atoms with E-state index in [1.54, 1.807) is 12.1 Å². The number of hydrogen-bond acceptors (Lipinski definition) is 7. The Labute approximate surface area is 203 Å². The fourth-order valence-corrected chi connectivity index (χ4v) is 5.08. The standard InChI is InChI=1S/C27H28FN5O2/c28-20-5-1-18(2-6-20)23-24-26(33-13-9-22(34)10-14-33)30-17-31-27(24)35-25(23)19-3-7-21(8-4-19)32-15-11-29-12-16-32/h1-8,17,22,29,34H,9-16H2. The molecule has 35 heavy (non-hydrogen) atoms. The van der Waals surface area contributed by atoms with Crippen LogP contribution in [0, 0.1) is 5.82 Å². The minimum Gasteiger partial charge on any atom is -0.437 e. The summed E-state index contributed by atoms with van der Waals surface area (Å²) in [7, 11) is 0. The second kappa shape index (κ2) is 9.28. The van der Waals surface area contributed by atoms with Crippen molar-refractivity contribution in [1.29, 1.82) is 0 Å². The molecular formula is C27H28FN5O2. The van der Waals surface area contributed by atoms with Gasteiger partial charge in [-0.15, -0.1) is 0 Å². The highest BCUT2D eigenvalue weighted by atomic mass is 19.1. The van der Waals surface area contributed by atoms with Gasteiger partial charge in [-0.25, -0.2) is 14.4 Å². The summed E-state index contributed by atoms with van der Waals surface area (Å²) in [5.74, 6) is 1.19. The zero-order valence-corrected chi connectivity index (χ0v) is 19.5. The third kappa shape index (κ3) is 4.24. The van der Waals surface area contributed by atoms with Crippen molar-refractivity contribution in [3.8, 4) is 22.5 Å². The Hall–Kier alpha value is -3.49. The van der Waals surface area contributed by atoms with Gasteiger partial charge in [-0.1, -0.05) is 12.1 Å². The molecular weight excluding hydrogens is 445 g/mol. The Bertz CT molecular complexity index is 1310. The number of aliphatic hydroxyl groups excluding tert-OH is 1. The van der Waals surface area contributed by atoms with Gasteiger partial charge in [0.05, 0.1) is 11.5 Å². The van der Waals surface area contributed by atoms with Gasteiger partial charge >= 0.3 is 0 Å². The van der Waals surface area contributed by atoms with E-state index in [0.29, 0.717) is 37.4 Å². The number of aliphatic hydroxyl groups is 1. The lowest BCUT2D eigenvalue weighted by atomic mass is 9.98. The van der Waals surface area contributed by atoms with Gasteiger partial charge in [-0.05, 0) is 54.8 Å². The largest absolute Gasteiger partial charge is 0.437 e. The lowest BCUT2D eigenvalue weighted by Gasteiger charge is -2.30. The minimum absolute atomic E-state index is 0.283. The van der Waals surface area contributed by atoms with Gasteiger partial charge in [-0.3, -0.25) is 0 Å². The predicted molar refractivity (Wildman–Crippen MR) is 135 cm³/mol. The van der Waals surface area contributed by atoms with Gasteiger partial charge < -0.3 is 24.6 Å². The summed E-state index contributed by atoms with van der Waals surface area (Å²) in [5, 5.41) is 14.2. The van der Waals surface area contributed by atoms with Crippen molar-refractivity contribution in [2.45, 2.75) is 18.9 Å². The van der Waals surface area contributed by atoms with Crippen LogP contribution in [0.1, 0.15) is 12.8 Å². The second-order valence-electron chi connectivity index (χ2n) is 9.19.